The van der Waals surface area contributed by atoms with E-state index in [0.29, 0.717) is 36.6 Å². The molecular formula is C20H24FN3O2S. The molecule has 0 atom stereocenters. The second-order valence-electron chi connectivity index (χ2n) is 7.43. The molecule has 0 radical (unpaired) electrons. The maximum absolute atomic E-state index is 14.0. The highest BCUT2D eigenvalue weighted by Crippen LogP contribution is 2.34. The van der Waals surface area contributed by atoms with Crippen molar-refractivity contribution in [1.29, 1.82) is 0 Å². The van der Waals surface area contributed by atoms with Gasteiger partial charge in [0, 0.05) is 23.5 Å². The van der Waals surface area contributed by atoms with E-state index in [0.717, 1.165) is 18.5 Å². The summed E-state index contributed by atoms with van der Waals surface area (Å²) in [5.41, 5.74) is 0.323. The van der Waals surface area contributed by atoms with Crippen LogP contribution in [-0.2, 0) is 23.2 Å². The molecule has 1 aliphatic heterocycles. The number of amides is 1. The molecule has 1 amide bonds. The molecule has 2 heterocycles. The zero-order chi connectivity index (χ0) is 18.9. The standard InChI is InChI=1S/C20H24FN3O2S/c21-15-6-2-1-5-14(15)20(26)9-11-24(12-10-20)13-18(25)23-19-22-16-7-3-4-8-17(16)27-19/h1-2,5-6,26H,3-4,7-13H2,(H,22,23,25). The summed E-state index contributed by atoms with van der Waals surface area (Å²) in [7, 11) is 0. The van der Waals surface area contributed by atoms with E-state index in [9.17, 15) is 14.3 Å². The minimum atomic E-state index is -1.16. The number of hydrogen-bond acceptors (Lipinski definition) is 5. The van der Waals surface area contributed by atoms with E-state index in [-0.39, 0.29) is 18.3 Å². The monoisotopic (exact) mass is 389 g/mol. The molecule has 7 heteroatoms. The second-order valence-corrected chi connectivity index (χ2v) is 8.52. The molecule has 27 heavy (non-hydrogen) atoms. The third-order valence-electron chi connectivity index (χ3n) is 5.52. The van der Waals surface area contributed by atoms with E-state index in [1.165, 1.54) is 23.8 Å². The molecule has 0 bridgehead atoms. The number of benzene rings is 1. The van der Waals surface area contributed by atoms with E-state index >= 15 is 0 Å². The van der Waals surface area contributed by atoms with Crippen molar-refractivity contribution >= 4 is 22.4 Å². The Morgan fingerprint density at radius 1 is 1.26 bits per heavy atom. The van der Waals surface area contributed by atoms with Crippen molar-refractivity contribution in [2.75, 3.05) is 25.0 Å². The first-order valence-electron chi connectivity index (χ1n) is 9.52. The number of fused-ring (bicyclic) bond motifs is 1. The number of aryl methyl sites for hydroxylation is 2. The van der Waals surface area contributed by atoms with Crippen molar-refractivity contribution in [3.05, 3.63) is 46.2 Å². The highest BCUT2D eigenvalue weighted by atomic mass is 32.1. The molecule has 4 rings (SSSR count). The van der Waals surface area contributed by atoms with Crippen molar-refractivity contribution in [2.45, 2.75) is 44.1 Å². The van der Waals surface area contributed by atoms with Gasteiger partial charge in [-0.3, -0.25) is 9.69 Å². The average Bonchev–Trinajstić information content (AvgIpc) is 3.06. The summed E-state index contributed by atoms with van der Waals surface area (Å²) in [4.78, 5) is 20.2. The smallest absolute Gasteiger partial charge is 0.240 e. The molecule has 2 N–H and O–H groups in total. The zero-order valence-corrected chi connectivity index (χ0v) is 16.0. The van der Waals surface area contributed by atoms with E-state index < -0.39 is 5.60 Å². The number of likely N-dealkylation sites (tertiary alicyclic amines) is 1. The van der Waals surface area contributed by atoms with Gasteiger partial charge in [-0.05, 0) is 44.6 Å². The van der Waals surface area contributed by atoms with Crippen LogP contribution in [0.5, 0.6) is 0 Å². The van der Waals surface area contributed by atoms with Gasteiger partial charge in [0.05, 0.1) is 17.8 Å². The number of anilines is 1. The number of thiazole rings is 1. The van der Waals surface area contributed by atoms with Crippen LogP contribution in [0, 0.1) is 5.82 Å². The molecule has 1 fully saturated rings. The Hall–Kier alpha value is -1.83. The summed E-state index contributed by atoms with van der Waals surface area (Å²) < 4.78 is 14.0. The van der Waals surface area contributed by atoms with Gasteiger partial charge < -0.3 is 10.4 Å². The number of nitrogens with one attached hydrogen (secondary N) is 1. The molecule has 1 aromatic carbocycles. The number of piperidine rings is 1. The van der Waals surface area contributed by atoms with E-state index in [1.807, 2.05) is 4.90 Å². The second kappa shape index (κ2) is 7.66. The Kier molecular flexibility index (Phi) is 5.25. The van der Waals surface area contributed by atoms with Crippen LogP contribution in [0.25, 0.3) is 0 Å². The highest BCUT2D eigenvalue weighted by molar-refractivity contribution is 7.15. The first-order chi connectivity index (χ1) is 13.0. The van der Waals surface area contributed by atoms with Gasteiger partial charge in [-0.2, -0.15) is 0 Å². The summed E-state index contributed by atoms with van der Waals surface area (Å²) in [6.45, 7) is 1.36. The van der Waals surface area contributed by atoms with Crippen LogP contribution in [0.2, 0.25) is 0 Å². The van der Waals surface area contributed by atoms with Crippen molar-refractivity contribution < 1.29 is 14.3 Å². The Balaban J connectivity index is 1.32. The van der Waals surface area contributed by atoms with Gasteiger partial charge in [0.1, 0.15) is 5.82 Å². The number of nitrogens with zero attached hydrogens (tertiary/aromatic N) is 2. The fourth-order valence-corrected chi connectivity index (χ4v) is 5.02. The van der Waals surface area contributed by atoms with Crippen molar-refractivity contribution in [3.8, 4) is 0 Å². The molecular weight excluding hydrogens is 365 g/mol. The van der Waals surface area contributed by atoms with Gasteiger partial charge >= 0.3 is 0 Å². The van der Waals surface area contributed by atoms with Crippen LogP contribution in [0.1, 0.15) is 41.8 Å². The lowest BCUT2D eigenvalue weighted by Gasteiger charge is -2.38. The highest BCUT2D eigenvalue weighted by Gasteiger charge is 2.36. The zero-order valence-electron chi connectivity index (χ0n) is 15.2. The average molecular weight is 389 g/mol. The van der Waals surface area contributed by atoms with Crippen LogP contribution in [0.15, 0.2) is 24.3 Å². The van der Waals surface area contributed by atoms with Gasteiger partial charge in [-0.1, -0.05) is 18.2 Å². The Bertz CT molecular complexity index is 807. The lowest BCUT2D eigenvalue weighted by atomic mass is 9.84. The van der Waals surface area contributed by atoms with Crippen LogP contribution >= 0.6 is 11.3 Å². The summed E-state index contributed by atoms with van der Waals surface area (Å²) >= 11 is 1.58. The summed E-state index contributed by atoms with van der Waals surface area (Å²) in [6.07, 6.45) is 5.25. The maximum atomic E-state index is 14.0. The molecule has 2 aromatic rings. The fourth-order valence-electron chi connectivity index (χ4n) is 3.96. The first-order valence-corrected chi connectivity index (χ1v) is 10.3. The minimum Gasteiger partial charge on any atom is -0.385 e. The summed E-state index contributed by atoms with van der Waals surface area (Å²) in [6, 6.07) is 6.38. The predicted molar refractivity (Wildman–Crippen MR) is 103 cm³/mol. The number of aliphatic hydroxyl groups is 1. The summed E-state index contributed by atoms with van der Waals surface area (Å²) in [5, 5.41) is 14.4. The Morgan fingerprint density at radius 3 is 2.74 bits per heavy atom. The largest absolute Gasteiger partial charge is 0.385 e. The number of hydrogen-bond donors (Lipinski definition) is 2. The molecule has 144 valence electrons. The number of halogens is 1. The molecule has 5 nitrogen and oxygen atoms in total. The van der Waals surface area contributed by atoms with Crippen LogP contribution in [0.3, 0.4) is 0 Å². The first kappa shape index (κ1) is 18.5. The lowest BCUT2D eigenvalue weighted by Crippen LogP contribution is -2.45. The van der Waals surface area contributed by atoms with Crippen LogP contribution < -0.4 is 5.32 Å². The van der Waals surface area contributed by atoms with Gasteiger partial charge in [0.25, 0.3) is 0 Å². The molecule has 0 spiro atoms. The molecule has 1 aromatic heterocycles. The number of aromatic nitrogens is 1. The minimum absolute atomic E-state index is 0.0857. The number of carbonyl (C=O) groups is 1. The normalized spacial score (nSPS) is 19.5. The van der Waals surface area contributed by atoms with Gasteiger partial charge in [0.15, 0.2) is 5.13 Å². The third kappa shape index (κ3) is 4.05. The number of rotatable bonds is 4. The Labute approximate surface area is 162 Å². The quantitative estimate of drug-likeness (QED) is 0.843. The van der Waals surface area contributed by atoms with Crippen LogP contribution in [0.4, 0.5) is 9.52 Å². The molecule has 1 aliphatic carbocycles. The maximum Gasteiger partial charge on any atom is 0.240 e. The van der Waals surface area contributed by atoms with Gasteiger partial charge in [-0.15, -0.1) is 11.3 Å². The third-order valence-corrected chi connectivity index (χ3v) is 6.59. The molecule has 2 aliphatic rings. The van der Waals surface area contributed by atoms with Crippen molar-refractivity contribution in [3.63, 3.8) is 0 Å². The van der Waals surface area contributed by atoms with E-state index in [2.05, 4.69) is 10.3 Å². The van der Waals surface area contributed by atoms with Crippen LogP contribution in [-0.4, -0.2) is 40.5 Å². The topological polar surface area (TPSA) is 65.5 Å². The SMILES string of the molecule is O=C(CN1CCC(O)(c2ccccc2F)CC1)Nc1nc2c(s1)CCCC2. The number of carbonyl (C=O) groups excluding carboxylic acids is 1. The van der Waals surface area contributed by atoms with Gasteiger partial charge in [0.2, 0.25) is 5.91 Å². The Morgan fingerprint density at radius 2 is 2.00 bits per heavy atom. The molecule has 0 saturated carbocycles. The van der Waals surface area contributed by atoms with Crippen molar-refractivity contribution in [2.24, 2.45) is 0 Å². The summed E-state index contributed by atoms with van der Waals surface area (Å²) in [5.74, 6) is -0.462. The predicted octanol–water partition coefficient (Wildman–Crippen LogP) is 3.08. The molecule has 1 saturated heterocycles. The van der Waals surface area contributed by atoms with Gasteiger partial charge in [-0.25, -0.2) is 9.37 Å². The van der Waals surface area contributed by atoms with E-state index in [1.54, 1.807) is 29.5 Å². The van der Waals surface area contributed by atoms with E-state index in [4.69, 9.17) is 0 Å². The lowest BCUT2D eigenvalue weighted by molar-refractivity contribution is -0.118. The fraction of sp³-hybridized carbons (Fsp3) is 0.500. The van der Waals surface area contributed by atoms with Crippen molar-refractivity contribution in [1.82, 2.24) is 9.88 Å². The molecule has 0 unspecified atom stereocenters.